The smallest absolute Gasteiger partial charge is 0.254 e. The van der Waals surface area contributed by atoms with Gasteiger partial charge in [-0.1, -0.05) is 6.07 Å². The second-order valence-corrected chi connectivity index (χ2v) is 5.62. The summed E-state index contributed by atoms with van der Waals surface area (Å²) < 4.78 is 1.67. The first-order chi connectivity index (χ1) is 11.6. The molecule has 0 saturated carbocycles. The zero-order valence-corrected chi connectivity index (χ0v) is 13.8. The average molecular weight is 324 g/mol. The van der Waals surface area contributed by atoms with Crippen LogP contribution in [0.15, 0.2) is 36.8 Å². The number of pyridine rings is 1. The molecule has 0 fully saturated rings. The van der Waals surface area contributed by atoms with Crippen LogP contribution in [0.3, 0.4) is 0 Å². The molecule has 24 heavy (non-hydrogen) atoms. The summed E-state index contributed by atoms with van der Waals surface area (Å²) in [5.41, 5.74) is 3.19. The topological polar surface area (TPSA) is 84.2 Å². The van der Waals surface area contributed by atoms with Gasteiger partial charge in [-0.3, -0.25) is 4.79 Å². The monoisotopic (exact) mass is 324 g/mol. The largest absolute Gasteiger partial charge is 0.370 e. The van der Waals surface area contributed by atoms with Gasteiger partial charge in [0.15, 0.2) is 5.65 Å². The van der Waals surface area contributed by atoms with Crippen molar-refractivity contribution in [2.75, 3.05) is 18.4 Å². The van der Waals surface area contributed by atoms with Crippen molar-refractivity contribution in [2.45, 2.75) is 20.3 Å². The van der Waals surface area contributed by atoms with Crippen molar-refractivity contribution in [1.29, 1.82) is 0 Å². The SMILES string of the molecule is Cc1ccc(NCCCNC(=O)c2cnc3ccnn3c2C)nc1. The predicted molar refractivity (Wildman–Crippen MR) is 92.1 cm³/mol. The zero-order valence-electron chi connectivity index (χ0n) is 13.8. The summed E-state index contributed by atoms with van der Waals surface area (Å²) in [6, 6.07) is 5.76. The number of amides is 1. The standard InChI is InChI=1S/C17H20N6O/c1-12-4-5-15(20-10-12)18-7-3-8-19-17(24)14-11-21-16-6-9-22-23(16)13(14)2/h4-6,9-11H,3,7-8H2,1-2H3,(H,18,20)(H,19,24). The molecule has 0 saturated heterocycles. The number of carbonyl (C=O) groups excluding carboxylic acids is 1. The summed E-state index contributed by atoms with van der Waals surface area (Å²) in [6.45, 7) is 5.19. The Labute approximate surface area is 140 Å². The lowest BCUT2D eigenvalue weighted by Gasteiger charge is -2.09. The van der Waals surface area contributed by atoms with Crippen molar-refractivity contribution < 1.29 is 4.79 Å². The van der Waals surface area contributed by atoms with E-state index in [1.807, 2.05) is 32.2 Å². The van der Waals surface area contributed by atoms with E-state index in [4.69, 9.17) is 0 Å². The fourth-order valence-corrected chi connectivity index (χ4v) is 2.39. The van der Waals surface area contributed by atoms with E-state index in [0.717, 1.165) is 35.7 Å². The van der Waals surface area contributed by atoms with Crippen LogP contribution in [0.25, 0.3) is 5.65 Å². The van der Waals surface area contributed by atoms with E-state index < -0.39 is 0 Å². The molecular formula is C17H20N6O. The first-order valence-electron chi connectivity index (χ1n) is 7.89. The van der Waals surface area contributed by atoms with Crippen molar-refractivity contribution in [3.63, 3.8) is 0 Å². The lowest BCUT2D eigenvalue weighted by Crippen LogP contribution is -2.27. The van der Waals surface area contributed by atoms with E-state index >= 15 is 0 Å². The first-order valence-corrected chi connectivity index (χ1v) is 7.89. The van der Waals surface area contributed by atoms with Crippen LogP contribution in [0.2, 0.25) is 0 Å². The Hall–Kier alpha value is -2.96. The number of aryl methyl sites for hydroxylation is 2. The Balaban J connectivity index is 1.48. The van der Waals surface area contributed by atoms with Crippen molar-refractivity contribution in [3.8, 4) is 0 Å². The second kappa shape index (κ2) is 7.08. The van der Waals surface area contributed by atoms with Crippen LogP contribution >= 0.6 is 0 Å². The Morgan fingerprint density at radius 2 is 2.00 bits per heavy atom. The molecule has 0 spiro atoms. The van der Waals surface area contributed by atoms with E-state index in [1.165, 1.54) is 0 Å². The molecule has 3 heterocycles. The number of hydrogen-bond acceptors (Lipinski definition) is 5. The predicted octanol–water partition coefficient (Wildman–Crippen LogP) is 1.97. The zero-order chi connectivity index (χ0) is 16.9. The summed E-state index contributed by atoms with van der Waals surface area (Å²) in [6.07, 6.45) is 5.89. The fourth-order valence-electron chi connectivity index (χ4n) is 2.39. The molecule has 0 aromatic carbocycles. The number of hydrogen-bond donors (Lipinski definition) is 2. The van der Waals surface area contributed by atoms with Gasteiger partial charge in [-0.15, -0.1) is 0 Å². The number of anilines is 1. The highest BCUT2D eigenvalue weighted by atomic mass is 16.1. The molecule has 1 amide bonds. The van der Waals surface area contributed by atoms with Gasteiger partial charge in [0.1, 0.15) is 5.82 Å². The minimum absolute atomic E-state index is 0.133. The molecule has 0 atom stereocenters. The fraction of sp³-hybridized carbons (Fsp3) is 0.294. The molecule has 124 valence electrons. The number of fused-ring (bicyclic) bond motifs is 1. The summed E-state index contributed by atoms with van der Waals surface area (Å²) >= 11 is 0. The first kappa shape index (κ1) is 15.9. The summed E-state index contributed by atoms with van der Waals surface area (Å²) in [7, 11) is 0. The van der Waals surface area contributed by atoms with E-state index in [-0.39, 0.29) is 5.91 Å². The molecule has 3 aromatic rings. The van der Waals surface area contributed by atoms with Gasteiger partial charge in [-0.2, -0.15) is 5.10 Å². The van der Waals surface area contributed by atoms with Crippen LogP contribution in [-0.2, 0) is 0 Å². The molecule has 0 unspecified atom stereocenters. The molecular weight excluding hydrogens is 304 g/mol. The summed E-state index contributed by atoms with van der Waals surface area (Å²) in [5, 5.41) is 10.3. The molecule has 0 bridgehead atoms. The molecule has 3 aromatic heterocycles. The average Bonchev–Trinajstić information content (AvgIpc) is 3.06. The van der Waals surface area contributed by atoms with Crippen LogP contribution in [0.1, 0.15) is 28.0 Å². The minimum Gasteiger partial charge on any atom is -0.370 e. The van der Waals surface area contributed by atoms with E-state index in [2.05, 4.69) is 25.7 Å². The molecule has 2 N–H and O–H groups in total. The molecule has 7 heteroatoms. The highest BCUT2D eigenvalue weighted by Gasteiger charge is 2.12. The maximum atomic E-state index is 12.3. The third-order valence-corrected chi connectivity index (χ3v) is 3.76. The summed E-state index contributed by atoms with van der Waals surface area (Å²) in [4.78, 5) is 20.8. The molecule has 0 aliphatic rings. The Kier molecular flexibility index (Phi) is 4.69. The van der Waals surface area contributed by atoms with Crippen LogP contribution in [0.4, 0.5) is 5.82 Å². The lowest BCUT2D eigenvalue weighted by atomic mass is 10.2. The van der Waals surface area contributed by atoms with Crippen molar-refractivity contribution in [3.05, 3.63) is 53.6 Å². The van der Waals surface area contributed by atoms with Crippen LogP contribution in [0.5, 0.6) is 0 Å². The van der Waals surface area contributed by atoms with Gasteiger partial charge in [-0.05, 0) is 31.9 Å². The van der Waals surface area contributed by atoms with Crippen LogP contribution < -0.4 is 10.6 Å². The van der Waals surface area contributed by atoms with Gasteiger partial charge in [0, 0.05) is 31.5 Å². The normalized spacial score (nSPS) is 10.8. The molecule has 0 radical (unpaired) electrons. The van der Waals surface area contributed by atoms with Gasteiger partial charge in [0.05, 0.1) is 17.5 Å². The highest BCUT2D eigenvalue weighted by Crippen LogP contribution is 2.09. The van der Waals surface area contributed by atoms with E-state index in [0.29, 0.717) is 12.1 Å². The number of rotatable bonds is 6. The third-order valence-electron chi connectivity index (χ3n) is 3.76. The van der Waals surface area contributed by atoms with Gasteiger partial charge in [0.2, 0.25) is 0 Å². The molecule has 0 aliphatic carbocycles. The quantitative estimate of drug-likeness (QED) is 0.677. The number of carbonyl (C=O) groups is 1. The number of aromatic nitrogens is 4. The van der Waals surface area contributed by atoms with Gasteiger partial charge in [-0.25, -0.2) is 14.5 Å². The number of nitrogens with zero attached hydrogens (tertiary/aromatic N) is 4. The van der Waals surface area contributed by atoms with Crippen molar-refractivity contribution >= 4 is 17.4 Å². The van der Waals surface area contributed by atoms with Crippen molar-refractivity contribution in [1.82, 2.24) is 24.9 Å². The van der Waals surface area contributed by atoms with E-state index in [1.54, 1.807) is 23.0 Å². The van der Waals surface area contributed by atoms with Crippen molar-refractivity contribution in [2.24, 2.45) is 0 Å². The molecule has 3 rings (SSSR count). The van der Waals surface area contributed by atoms with Crippen LogP contribution in [-0.4, -0.2) is 38.6 Å². The number of nitrogens with one attached hydrogen (secondary N) is 2. The molecule has 0 aliphatic heterocycles. The molecule has 7 nitrogen and oxygen atoms in total. The Morgan fingerprint density at radius 3 is 2.79 bits per heavy atom. The van der Waals surface area contributed by atoms with Crippen LogP contribution in [0, 0.1) is 13.8 Å². The lowest BCUT2D eigenvalue weighted by molar-refractivity contribution is 0.0952. The Bertz CT molecular complexity index is 840. The van der Waals surface area contributed by atoms with Gasteiger partial charge >= 0.3 is 0 Å². The highest BCUT2D eigenvalue weighted by molar-refractivity contribution is 5.95. The minimum atomic E-state index is -0.133. The third kappa shape index (κ3) is 3.51. The second-order valence-electron chi connectivity index (χ2n) is 5.62. The van der Waals surface area contributed by atoms with Gasteiger partial charge < -0.3 is 10.6 Å². The maximum Gasteiger partial charge on any atom is 0.254 e. The van der Waals surface area contributed by atoms with E-state index in [9.17, 15) is 4.79 Å². The Morgan fingerprint density at radius 1 is 1.12 bits per heavy atom. The van der Waals surface area contributed by atoms with Gasteiger partial charge in [0.25, 0.3) is 5.91 Å². The maximum absolute atomic E-state index is 12.3. The summed E-state index contributed by atoms with van der Waals surface area (Å²) in [5.74, 6) is 0.710.